The van der Waals surface area contributed by atoms with Crippen LogP contribution in [0.25, 0.3) is 0 Å². The Hall–Kier alpha value is -2.32. The van der Waals surface area contributed by atoms with E-state index in [-0.39, 0.29) is 32.2 Å². The van der Waals surface area contributed by atoms with Crippen LogP contribution in [0.4, 0.5) is 0 Å². The number of phosphoric ester groups is 1. The lowest BCUT2D eigenvalue weighted by atomic mass is 10.0. The number of nitrogens with zero attached hydrogens (tertiary/aromatic N) is 1. The standard InChI is InChI=1S/C56H100NO7P/c1-6-8-10-12-14-16-18-20-22-24-26-27-28-29-30-32-34-36-38-40-42-44-46-48-51-61-53-55(54-63-65(59,60)62-52-50-57(3,4)5)64-56(58)49-47-45-43-41-39-37-35-33-31-25-23-21-19-17-15-13-11-9-7-2/h9,11,15,17-18,20-21,23-24,26,31,33,37,39,55H,6-8,10,12-14,16,19,22,25,27-30,32,34-36,38,40-54H2,1-5H3/b11-9-,17-15-,20-18-,23-21-,26-24-,33-31-,39-37-. The molecule has 0 N–H and O–H groups in total. The van der Waals surface area contributed by atoms with Crippen LogP contribution in [0.2, 0.25) is 0 Å². The van der Waals surface area contributed by atoms with Gasteiger partial charge in [-0.1, -0.05) is 195 Å². The highest BCUT2D eigenvalue weighted by molar-refractivity contribution is 7.45. The molecule has 65 heavy (non-hydrogen) atoms. The number of esters is 1. The summed E-state index contributed by atoms with van der Waals surface area (Å²) >= 11 is 0. The molecular formula is C56H100NO7P. The van der Waals surface area contributed by atoms with Crippen molar-refractivity contribution in [3.05, 3.63) is 85.1 Å². The van der Waals surface area contributed by atoms with E-state index in [1.165, 1.54) is 109 Å². The van der Waals surface area contributed by atoms with Crippen molar-refractivity contribution in [1.82, 2.24) is 0 Å². The van der Waals surface area contributed by atoms with E-state index in [1.807, 2.05) is 21.1 Å². The van der Waals surface area contributed by atoms with Crippen molar-refractivity contribution in [1.29, 1.82) is 0 Å². The van der Waals surface area contributed by atoms with E-state index in [0.29, 0.717) is 24.1 Å². The number of quaternary nitrogens is 1. The fourth-order valence-electron chi connectivity index (χ4n) is 6.90. The lowest BCUT2D eigenvalue weighted by Crippen LogP contribution is -2.37. The average molecular weight is 930 g/mol. The first kappa shape index (κ1) is 62.7. The summed E-state index contributed by atoms with van der Waals surface area (Å²) in [5.74, 6) is -0.367. The second-order valence-electron chi connectivity index (χ2n) is 18.5. The maximum absolute atomic E-state index is 12.7. The van der Waals surface area contributed by atoms with Crippen LogP contribution in [-0.2, 0) is 27.9 Å². The molecule has 0 aromatic heterocycles. The Labute approximate surface area is 401 Å². The molecule has 0 aliphatic rings. The van der Waals surface area contributed by atoms with Crippen LogP contribution in [0.1, 0.15) is 206 Å². The van der Waals surface area contributed by atoms with Gasteiger partial charge in [-0.15, -0.1) is 0 Å². The minimum atomic E-state index is -4.55. The minimum Gasteiger partial charge on any atom is -0.756 e. The normalized spacial score (nSPS) is 14.2. The third-order valence-corrected chi connectivity index (χ3v) is 11.9. The van der Waals surface area contributed by atoms with Crippen LogP contribution in [0.15, 0.2) is 85.1 Å². The number of likely N-dealkylation sites (N-methyl/N-ethyl adjacent to an activating group) is 1. The maximum Gasteiger partial charge on any atom is 0.306 e. The minimum absolute atomic E-state index is 0.0150. The number of hydrogen-bond acceptors (Lipinski definition) is 7. The van der Waals surface area contributed by atoms with E-state index in [0.717, 1.165) is 70.6 Å². The van der Waals surface area contributed by atoms with E-state index < -0.39 is 13.9 Å². The van der Waals surface area contributed by atoms with Gasteiger partial charge in [0, 0.05) is 13.0 Å². The first-order valence-corrected chi connectivity index (χ1v) is 27.8. The van der Waals surface area contributed by atoms with Gasteiger partial charge in [-0.25, -0.2) is 0 Å². The predicted octanol–water partition coefficient (Wildman–Crippen LogP) is 15.8. The van der Waals surface area contributed by atoms with Gasteiger partial charge in [0.2, 0.25) is 0 Å². The summed E-state index contributed by atoms with van der Waals surface area (Å²) in [4.78, 5) is 25.2. The summed E-state index contributed by atoms with van der Waals surface area (Å²) in [6.07, 6.45) is 64.7. The topological polar surface area (TPSA) is 94.1 Å². The SMILES string of the molecule is CC/C=C\C/C=C\C/C=C\C/C=C\C/C=C\CCCCCC(=O)OC(COCCCCCCCCCCCCCC/C=C\C/C=C\CCCCCCC)COP(=O)([O-])OCC[N+](C)(C)C. The smallest absolute Gasteiger partial charge is 0.306 e. The number of ether oxygens (including phenoxy) is 2. The zero-order valence-corrected chi connectivity index (χ0v) is 43.6. The molecule has 0 amide bonds. The largest absolute Gasteiger partial charge is 0.756 e. The molecule has 0 rings (SSSR count). The Bertz CT molecular complexity index is 1310. The number of carbonyl (C=O) groups excluding carboxylic acids is 1. The van der Waals surface area contributed by atoms with Crippen molar-refractivity contribution in [2.75, 3.05) is 54.1 Å². The average Bonchev–Trinajstić information content (AvgIpc) is 3.27. The molecule has 0 spiro atoms. The molecule has 376 valence electrons. The van der Waals surface area contributed by atoms with Crippen LogP contribution in [0.3, 0.4) is 0 Å². The molecule has 0 aliphatic heterocycles. The number of carbonyl (C=O) groups is 1. The zero-order valence-electron chi connectivity index (χ0n) is 42.7. The molecule has 0 aliphatic carbocycles. The van der Waals surface area contributed by atoms with Crippen molar-refractivity contribution in [3.8, 4) is 0 Å². The second-order valence-corrected chi connectivity index (χ2v) is 19.9. The van der Waals surface area contributed by atoms with Gasteiger partial charge >= 0.3 is 5.97 Å². The van der Waals surface area contributed by atoms with Gasteiger partial charge in [0.05, 0.1) is 34.4 Å². The molecule has 0 saturated carbocycles. The summed E-state index contributed by atoms with van der Waals surface area (Å²) in [6, 6.07) is 0. The monoisotopic (exact) mass is 930 g/mol. The molecule has 2 atom stereocenters. The lowest BCUT2D eigenvalue weighted by Gasteiger charge is -2.28. The number of hydrogen-bond donors (Lipinski definition) is 0. The first-order valence-electron chi connectivity index (χ1n) is 26.3. The lowest BCUT2D eigenvalue weighted by molar-refractivity contribution is -0.870. The van der Waals surface area contributed by atoms with Crippen LogP contribution in [0.5, 0.6) is 0 Å². The third kappa shape index (κ3) is 52.5. The Morgan fingerprint density at radius 2 is 0.892 bits per heavy atom. The van der Waals surface area contributed by atoms with E-state index in [9.17, 15) is 14.3 Å². The fraction of sp³-hybridized carbons (Fsp3) is 0.732. The molecule has 9 heteroatoms. The van der Waals surface area contributed by atoms with Gasteiger partial charge in [-0.2, -0.15) is 0 Å². The predicted molar refractivity (Wildman–Crippen MR) is 277 cm³/mol. The molecule has 0 saturated heterocycles. The summed E-state index contributed by atoms with van der Waals surface area (Å²) in [5.41, 5.74) is 0. The Morgan fingerprint density at radius 1 is 0.492 bits per heavy atom. The number of unbranched alkanes of at least 4 members (excludes halogenated alkanes) is 20. The van der Waals surface area contributed by atoms with Crippen LogP contribution in [-0.4, -0.2) is 70.7 Å². The van der Waals surface area contributed by atoms with Crippen LogP contribution < -0.4 is 4.89 Å². The molecule has 0 bridgehead atoms. The first-order chi connectivity index (χ1) is 31.6. The maximum atomic E-state index is 12.7. The van der Waals surface area contributed by atoms with Gasteiger partial charge < -0.3 is 27.9 Å². The van der Waals surface area contributed by atoms with Crippen molar-refractivity contribution < 1.29 is 37.3 Å². The van der Waals surface area contributed by atoms with Crippen molar-refractivity contribution >= 4 is 13.8 Å². The molecular weight excluding hydrogens is 830 g/mol. The highest BCUT2D eigenvalue weighted by atomic mass is 31.2. The summed E-state index contributed by atoms with van der Waals surface area (Å²) in [6.45, 7) is 5.24. The number of rotatable bonds is 48. The van der Waals surface area contributed by atoms with E-state index >= 15 is 0 Å². The Kier molecular flexibility index (Phi) is 46.4. The number of allylic oxidation sites excluding steroid dienone is 14. The third-order valence-electron chi connectivity index (χ3n) is 10.9. The Morgan fingerprint density at radius 3 is 1.34 bits per heavy atom. The highest BCUT2D eigenvalue weighted by Gasteiger charge is 2.20. The van der Waals surface area contributed by atoms with Gasteiger partial charge in [0.15, 0.2) is 0 Å². The Balaban J connectivity index is 4.18. The quantitative estimate of drug-likeness (QED) is 0.0197. The van der Waals surface area contributed by atoms with Crippen LogP contribution >= 0.6 is 7.82 Å². The van der Waals surface area contributed by atoms with Crippen LogP contribution in [0, 0.1) is 0 Å². The second kappa shape index (κ2) is 48.1. The highest BCUT2D eigenvalue weighted by Crippen LogP contribution is 2.38. The fourth-order valence-corrected chi connectivity index (χ4v) is 7.63. The summed E-state index contributed by atoms with van der Waals surface area (Å²) in [7, 11) is 1.32. The molecule has 0 aromatic carbocycles. The van der Waals surface area contributed by atoms with Gasteiger partial charge in [0.1, 0.15) is 19.3 Å². The molecule has 0 radical (unpaired) electrons. The molecule has 2 unspecified atom stereocenters. The summed E-state index contributed by atoms with van der Waals surface area (Å²) < 4.78 is 34.7. The van der Waals surface area contributed by atoms with E-state index in [1.54, 1.807) is 0 Å². The zero-order chi connectivity index (χ0) is 47.6. The molecule has 8 nitrogen and oxygen atoms in total. The van der Waals surface area contributed by atoms with Gasteiger partial charge in [-0.05, 0) is 89.9 Å². The molecule has 0 aromatic rings. The van der Waals surface area contributed by atoms with Crippen molar-refractivity contribution in [3.63, 3.8) is 0 Å². The van der Waals surface area contributed by atoms with Crippen molar-refractivity contribution in [2.24, 2.45) is 0 Å². The van der Waals surface area contributed by atoms with Gasteiger partial charge in [0.25, 0.3) is 7.82 Å². The number of phosphoric acid groups is 1. The van der Waals surface area contributed by atoms with E-state index in [2.05, 4.69) is 98.9 Å². The van der Waals surface area contributed by atoms with E-state index in [4.69, 9.17) is 18.5 Å². The van der Waals surface area contributed by atoms with Gasteiger partial charge in [-0.3, -0.25) is 9.36 Å². The molecule has 0 fully saturated rings. The molecule has 0 heterocycles. The summed E-state index contributed by atoms with van der Waals surface area (Å²) in [5, 5.41) is 0. The van der Waals surface area contributed by atoms with Crippen molar-refractivity contribution in [2.45, 2.75) is 213 Å².